The van der Waals surface area contributed by atoms with E-state index in [2.05, 4.69) is 4.98 Å². The van der Waals surface area contributed by atoms with E-state index in [4.69, 9.17) is 21.7 Å². The quantitative estimate of drug-likeness (QED) is 0.485. The first-order chi connectivity index (χ1) is 12.0. The Bertz CT molecular complexity index is 812. The molecule has 0 aliphatic rings. The highest BCUT2D eigenvalue weighted by atomic mass is 16.4. The molecule has 3 aromatic rings. The molecule has 0 saturated carbocycles. The first kappa shape index (κ1) is 18.5. The molecule has 0 saturated heterocycles. The van der Waals surface area contributed by atoms with Gasteiger partial charge in [0.2, 0.25) is 0 Å². The number of nitrogens with one attached hydrogen (secondary N) is 1. The third-order valence-corrected chi connectivity index (χ3v) is 3.80. The van der Waals surface area contributed by atoms with E-state index in [-0.39, 0.29) is 0 Å². The summed E-state index contributed by atoms with van der Waals surface area (Å²) in [6.45, 7) is 0.658. The lowest BCUT2D eigenvalue weighted by Crippen LogP contribution is -2.32. The summed E-state index contributed by atoms with van der Waals surface area (Å²) in [5.41, 5.74) is 13.9. The van der Waals surface area contributed by atoms with Crippen molar-refractivity contribution >= 4 is 16.9 Å². The molecular weight excluding hydrogens is 318 g/mol. The fourth-order valence-electron chi connectivity index (χ4n) is 2.45. The van der Waals surface area contributed by atoms with Gasteiger partial charge in [0.15, 0.2) is 0 Å². The Balaban J connectivity index is 0.000000196. The van der Waals surface area contributed by atoms with Crippen LogP contribution in [0.2, 0.25) is 0 Å². The number of rotatable bonds is 5. The van der Waals surface area contributed by atoms with Crippen LogP contribution in [0.15, 0.2) is 54.7 Å². The number of aromatic amines is 1. The van der Waals surface area contributed by atoms with E-state index >= 15 is 0 Å². The van der Waals surface area contributed by atoms with Crippen LogP contribution < -0.4 is 11.5 Å². The van der Waals surface area contributed by atoms with Gasteiger partial charge in [0.05, 0.1) is 0 Å². The maximum absolute atomic E-state index is 10.6. The summed E-state index contributed by atoms with van der Waals surface area (Å²) in [6.07, 6.45) is 3.03. The minimum absolute atomic E-state index is 0.306. The summed E-state index contributed by atoms with van der Waals surface area (Å²) >= 11 is 0. The van der Waals surface area contributed by atoms with Gasteiger partial charge in [-0.15, -0.1) is 0 Å². The third-order valence-electron chi connectivity index (χ3n) is 3.80. The predicted octanol–water partition coefficient (Wildman–Crippen LogP) is 2.02. The van der Waals surface area contributed by atoms with Crippen LogP contribution in [-0.4, -0.2) is 33.8 Å². The maximum Gasteiger partial charge on any atom is 0.320 e. The van der Waals surface area contributed by atoms with Gasteiger partial charge in [0.1, 0.15) is 11.8 Å². The molecule has 1 atom stereocenters. The molecule has 2 aromatic carbocycles. The Morgan fingerprint density at radius 3 is 2.44 bits per heavy atom. The van der Waals surface area contributed by atoms with E-state index in [1.165, 1.54) is 5.56 Å². The lowest BCUT2D eigenvalue weighted by atomic mass is 10.1. The minimum atomic E-state index is -0.972. The Hall–Kier alpha value is -2.83. The standard InChI is InChI=1S/C11H12N2O2.C8H11NO/c12-9(11(14)15)5-7-6-13-10-4-2-1-3-8(7)10;9-6-5-7-1-3-8(10)4-2-7/h1-4,6,9,13H,5,12H2,(H,14,15);1-4,10H,5-6,9H2. The number of phenols is 1. The van der Waals surface area contributed by atoms with Gasteiger partial charge in [-0.1, -0.05) is 30.3 Å². The van der Waals surface area contributed by atoms with Crippen molar-refractivity contribution in [3.05, 3.63) is 65.9 Å². The van der Waals surface area contributed by atoms with E-state index in [1.807, 2.05) is 42.6 Å². The van der Waals surface area contributed by atoms with Crippen molar-refractivity contribution in [1.29, 1.82) is 0 Å². The number of fused-ring (bicyclic) bond motifs is 1. The smallest absolute Gasteiger partial charge is 0.320 e. The second kappa shape index (κ2) is 8.86. The van der Waals surface area contributed by atoms with Crippen LogP contribution in [0.4, 0.5) is 0 Å². The zero-order valence-electron chi connectivity index (χ0n) is 13.9. The van der Waals surface area contributed by atoms with Crippen molar-refractivity contribution in [2.24, 2.45) is 11.5 Å². The molecule has 1 aromatic heterocycles. The van der Waals surface area contributed by atoms with E-state index in [0.29, 0.717) is 18.7 Å². The maximum atomic E-state index is 10.6. The van der Waals surface area contributed by atoms with Gasteiger partial charge in [0, 0.05) is 23.5 Å². The SMILES string of the molecule is NC(Cc1c[nH]c2ccccc12)C(=O)O.NCCc1ccc(O)cc1. The zero-order chi connectivity index (χ0) is 18.2. The fourth-order valence-corrected chi connectivity index (χ4v) is 2.45. The lowest BCUT2D eigenvalue weighted by molar-refractivity contribution is -0.138. The van der Waals surface area contributed by atoms with Crippen molar-refractivity contribution in [3.63, 3.8) is 0 Å². The number of H-pyrrole nitrogens is 1. The Labute approximate surface area is 146 Å². The highest BCUT2D eigenvalue weighted by Crippen LogP contribution is 2.18. The van der Waals surface area contributed by atoms with Gasteiger partial charge >= 0.3 is 5.97 Å². The van der Waals surface area contributed by atoms with Gasteiger partial charge < -0.3 is 26.7 Å². The second-order valence-electron chi connectivity index (χ2n) is 5.71. The molecule has 6 heteroatoms. The first-order valence-electron chi connectivity index (χ1n) is 8.02. The number of benzene rings is 2. The van der Waals surface area contributed by atoms with Crippen molar-refractivity contribution < 1.29 is 15.0 Å². The lowest BCUT2D eigenvalue weighted by Gasteiger charge is -2.04. The average molecular weight is 341 g/mol. The Morgan fingerprint density at radius 2 is 1.80 bits per heavy atom. The fraction of sp³-hybridized carbons (Fsp3) is 0.211. The van der Waals surface area contributed by atoms with Crippen molar-refractivity contribution in [2.45, 2.75) is 18.9 Å². The topological polar surface area (TPSA) is 125 Å². The van der Waals surface area contributed by atoms with Gasteiger partial charge in [-0.2, -0.15) is 0 Å². The molecule has 0 fully saturated rings. The monoisotopic (exact) mass is 341 g/mol. The van der Waals surface area contributed by atoms with Crippen LogP contribution in [0.3, 0.4) is 0 Å². The molecule has 3 rings (SSSR count). The molecule has 0 amide bonds. The second-order valence-corrected chi connectivity index (χ2v) is 5.71. The van der Waals surface area contributed by atoms with Crippen LogP contribution in [0, 0.1) is 0 Å². The number of carboxylic acids is 1. The predicted molar refractivity (Wildman–Crippen MR) is 98.5 cm³/mol. The third kappa shape index (κ3) is 5.34. The molecule has 1 heterocycles. The number of hydrogen-bond donors (Lipinski definition) is 5. The van der Waals surface area contributed by atoms with E-state index in [9.17, 15) is 4.79 Å². The van der Waals surface area contributed by atoms with Gasteiger partial charge in [-0.05, 0) is 42.3 Å². The van der Waals surface area contributed by atoms with Crippen molar-refractivity contribution in [3.8, 4) is 5.75 Å². The number of nitrogens with two attached hydrogens (primary N) is 2. The Kier molecular flexibility index (Phi) is 6.56. The highest BCUT2D eigenvalue weighted by molar-refractivity contribution is 5.84. The summed E-state index contributed by atoms with van der Waals surface area (Å²) in [7, 11) is 0. The molecule has 132 valence electrons. The number of aromatic nitrogens is 1. The van der Waals surface area contributed by atoms with E-state index < -0.39 is 12.0 Å². The highest BCUT2D eigenvalue weighted by Gasteiger charge is 2.14. The van der Waals surface area contributed by atoms with E-state index in [1.54, 1.807) is 12.1 Å². The van der Waals surface area contributed by atoms with Gasteiger partial charge in [-0.3, -0.25) is 4.79 Å². The number of hydrogen-bond acceptors (Lipinski definition) is 4. The molecule has 7 N–H and O–H groups in total. The summed E-state index contributed by atoms with van der Waals surface area (Å²) < 4.78 is 0. The van der Waals surface area contributed by atoms with Crippen molar-refractivity contribution in [1.82, 2.24) is 4.98 Å². The molecular formula is C19H23N3O3. The number of aliphatic carboxylic acids is 1. The average Bonchev–Trinajstić information content (AvgIpc) is 3.01. The molecule has 0 radical (unpaired) electrons. The number of aromatic hydroxyl groups is 1. The molecule has 0 aliphatic carbocycles. The van der Waals surface area contributed by atoms with Crippen LogP contribution in [-0.2, 0) is 17.6 Å². The minimum Gasteiger partial charge on any atom is -0.508 e. The van der Waals surface area contributed by atoms with Crippen LogP contribution in [0.25, 0.3) is 10.9 Å². The first-order valence-corrected chi connectivity index (χ1v) is 8.02. The van der Waals surface area contributed by atoms with Crippen LogP contribution >= 0.6 is 0 Å². The molecule has 0 spiro atoms. The molecule has 0 aliphatic heterocycles. The summed E-state index contributed by atoms with van der Waals surface area (Å²) in [5, 5.41) is 18.6. The van der Waals surface area contributed by atoms with Crippen molar-refractivity contribution in [2.75, 3.05) is 6.54 Å². The summed E-state index contributed by atoms with van der Waals surface area (Å²) in [5.74, 6) is -0.666. The molecule has 25 heavy (non-hydrogen) atoms. The largest absolute Gasteiger partial charge is 0.508 e. The Morgan fingerprint density at radius 1 is 1.12 bits per heavy atom. The van der Waals surface area contributed by atoms with Gasteiger partial charge in [-0.25, -0.2) is 0 Å². The number of para-hydroxylation sites is 1. The number of phenolic OH excluding ortho intramolecular Hbond substituents is 1. The number of carbonyl (C=O) groups is 1. The summed E-state index contributed by atoms with van der Waals surface area (Å²) in [6, 6.07) is 14.0. The number of carboxylic acid groups (broad SMARTS) is 1. The normalized spacial score (nSPS) is 11.6. The van der Waals surface area contributed by atoms with Crippen LogP contribution in [0.1, 0.15) is 11.1 Å². The van der Waals surface area contributed by atoms with E-state index in [0.717, 1.165) is 22.9 Å². The molecule has 0 bridgehead atoms. The zero-order valence-corrected chi connectivity index (χ0v) is 13.9. The molecule has 6 nitrogen and oxygen atoms in total. The van der Waals surface area contributed by atoms with Gasteiger partial charge in [0.25, 0.3) is 0 Å². The molecule has 1 unspecified atom stereocenters. The summed E-state index contributed by atoms with van der Waals surface area (Å²) in [4.78, 5) is 13.7. The van der Waals surface area contributed by atoms with Crippen LogP contribution in [0.5, 0.6) is 5.75 Å².